The first-order valence-corrected chi connectivity index (χ1v) is 7.69. The summed E-state index contributed by atoms with van der Waals surface area (Å²) in [5.74, 6) is -0.456. The van der Waals surface area contributed by atoms with Crippen LogP contribution in [0.15, 0.2) is 23.1 Å². The van der Waals surface area contributed by atoms with Gasteiger partial charge >= 0.3 is 6.18 Å². The van der Waals surface area contributed by atoms with E-state index >= 15 is 0 Å². The number of hydrogen-bond donors (Lipinski definition) is 2. The quantitative estimate of drug-likeness (QED) is 0.875. The number of hydrogen-bond acceptors (Lipinski definition) is 3. The third-order valence-corrected chi connectivity index (χ3v) is 4.39. The van der Waals surface area contributed by atoms with Crippen LogP contribution in [0.1, 0.15) is 29.9 Å². The van der Waals surface area contributed by atoms with Gasteiger partial charge in [-0.3, -0.25) is 0 Å². The molecule has 0 saturated carbocycles. The molecule has 20 heavy (non-hydrogen) atoms. The van der Waals surface area contributed by atoms with Gasteiger partial charge < -0.3 is 5.32 Å². The van der Waals surface area contributed by atoms with Crippen LogP contribution >= 0.6 is 0 Å². The lowest BCUT2D eigenvalue weighted by atomic mass is 9.87. The highest BCUT2D eigenvalue weighted by Gasteiger charge is 2.38. The second-order valence-corrected chi connectivity index (χ2v) is 6.31. The minimum atomic E-state index is -4.60. The first-order chi connectivity index (χ1) is 9.21. The number of nitrogens with two attached hydrogens (primary N) is 1. The first-order valence-electron chi connectivity index (χ1n) is 6.15. The summed E-state index contributed by atoms with van der Waals surface area (Å²) in [7, 11) is -4.19. The maximum absolute atomic E-state index is 13.1. The van der Waals surface area contributed by atoms with Crippen molar-refractivity contribution in [2.45, 2.75) is 29.8 Å². The lowest BCUT2D eigenvalue weighted by molar-refractivity contribution is -0.138. The highest BCUT2D eigenvalue weighted by Crippen LogP contribution is 2.40. The fraction of sp³-hybridized carbons (Fsp3) is 0.500. The summed E-state index contributed by atoms with van der Waals surface area (Å²) in [5, 5.41) is 8.10. The molecule has 0 aliphatic carbocycles. The first kappa shape index (κ1) is 15.3. The fourth-order valence-corrected chi connectivity index (χ4v) is 3.42. The Labute approximate surface area is 115 Å². The zero-order chi connectivity index (χ0) is 15.0. The highest BCUT2D eigenvalue weighted by atomic mass is 32.2. The van der Waals surface area contributed by atoms with Gasteiger partial charge in [-0.1, -0.05) is 6.07 Å². The van der Waals surface area contributed by atoms with Gasteiger partial charge in [0.15, 0.2) is 0 Å². The molecule has 4 nitrogen and oxygen atoms in total. The van der Waals surface area contributed by atoms with E-state index in [0.717, 1.165) is 18.2 Å². The van der Waals surface area contributed by atoms with E-state index in [1.165, 1.54) is 0 Å². The molecule has 3 N–H and O–H groups in total. The summed E-state index contributed by atoms with van der Waals surface area (Å²) >= 11 is 0. The van der Waals surface area contributed by atoms with Crippen LogP contribution in [0.3, 0.4) is 0 Å². The molecule has 1 aliphatic heterocycles. The van der Waals surface area contributed by atoms with E-state index in [-0.39, 0.29) is 5.56 Å². The second-order valence-electron chi connectivity index (χ2n) is 4.78. The predicted molar refractivity (Wildman–Crippen MR) is 67.7 cm³/mol. The molecule has 1 heterocycles. The number of alkyl halides is 3. The summed E-state index contributed by atoms with van der Waals surface area (Å²) in [5.41, 5.74) is -1.10. The lowest BCUT2D eigenvalue weighted by Gasteiger charge is -2.27. The summed E-state index contributed by atoms with van der Waals surface area (Å²) in [4.78, 5) is -0.417. The second kappa shape index (κ2) is 5.34. The Kier molecular flexibility index (Phi) is 4.08. The minimum absolute atomic E-state index is 0.191. The zero-order valence-corrected chi connectivity index (χ0v) is 11.4. The molecule has 8 heteroatoms. The molecule has 1 aromatic rings. The molecule has 2 rings (SSSR count). The number of sulfonamides is 1. The molecular formula is C12H15F3N2O2S. The molecule has 0 atom stereocenters. The van der Waals surface area contributed by atoms with Crippen molar-refractivity contribution in [2.24, 2.45) is 5.14 Å². The van der Waals surface area contributed by atoms with Gasteiger partial charge in [-0.05, 0) is 49.5 Å². The summed E-state index contributed by atoms with van der Waals surface area (Å²) in [6.45, 7) is 1.11. The van der Waals surface area contributed by atoms with E-state index in [9.17, 15) is 21.6 Å². The van der Waals surface area contributed by atoms with Crippen molar-refractivity contribution in [1.29, 1.82) is 0 Å². The van der Waals surface area contributed by atoms with Crippen molar-refractivity contribution < 1.29 is 21.6 Å². The van der Waals surface area contributed by atoms with Gasteiger partial charge in [-0.25, -0.2) is 13.6 Å². The Morgan fingerprint density at radius 1 is 1.20 bits per heavy atom. The third kappa shape index (κ3) is 3.13. The van der Waals surface area contributed by atoms with Crippen molar-refractivity contribution >= 4 is 10.0 Å². The van der Waals surface area contributed by atoms with Crippen molar-refractivity contribution in [3.05, 3.63) is 29.3 Å². The normalized spacial score (nSPS) is 18.2. The Morgan fingerprint density at radius 2 is 1.80 bits per heavy atom. The Balaban J connectivity index is 2.65. The SMILES string of the molecule is NS(=O)(=O)c1cccc(C(F)(F)F)c1C1CCNCC1. The van der Waals surface area contributed by atoms with E-state index in [0.29, 0.717) is 25.9 Å². The van der Waals surface area contributed by atoms with Crippen LogP contribution in [0.25, 0.3) is 0 Å². The Morgan fingerprint density at radius 3 is 2.30 bits per heavy atom. The monoisotopic (exact) mass is 308 g/mol. The number of halogens is 3. The van der Waals surface area contributed by atoms with Crippen molar-refractivity contribution in [3.63, 3.8) is 0 Å². The lowest BCUT2D eigenvalue weighted by Crippen LogP contribution is -2.29. The van der Waals surface area contributed by atoms with Gasteiger partial charge in [-0.15, -0.1) is 0 Å². The average molecular weight is 308 g/mol. The topological polar surface area (TPSA) is 72.2 Å². The molecule has 0 amide bonds. The largest absolute Gasteiger partial charge is 0.416 e. The van der Waals surface area contributed by atoms with Crippen LogP contribution < -0.4 is 10.5 Å². The third-order valence-electron chi connectivity index (χ3n) is 3.43. The van der Waals surface area contributed by atoms with Gasteiger partial charge in [0.2, 0.25) is 10.0 Å². The Bertz CT molecular complexity index is 593. The van der Waals surface area contributed by atoms with E-state index in [4.69, 9.17) is 5.14 Å². The molecule has 0 spiro atoms. The van der Waals surface area contributed by atoms with Gasteiger partial charge in [0.05, 0.1) is 10.5 Å². The van der Waals surface area contributed by atoms with Gasteiger partial charge in [0.25, 0.3) is 0 Å². The Hall–Kier alpha value is -1.12. The van der Waals surface area contributed by atoms with Crippen molar-refractivity contribution in [3.8, 4) is 0 Å². The van der Waals surface area contributed by atoms with Crippen LogP contribution in [0.4, 0.5) is 13.2 Å². The number of nitrogens with one attached hydrogen (secondary N) is 1. The van der Waals surface area contributed by atoms with Crippen LogP contribution in [-0.4, -0.2) is 21.5 Å². The number of piperidine rings is 1. The van der Waals surface area contributed by atoms with E-state index in [2.05, 4.69) is 5.32 Å². The van der Waals surface area contributed by atoms with Gasteiger partial charge in [0, 0.05) is 0 Å². The zero-order valence-electron chi connectivity index (χ0n) is 10.6. The number of primary sulfonamides is 1. The molecule has 1 fully saturated rings. The molecule has 0 unspecified atom stereocenters. The van der Waals surface area contributed by atoms with E-state index in [1.807, 2.05) is 0 Å². The molecule has 1 aliphatic rings. The van der Waals surface area contributed by atoms with Crippen LogP contribution in [0.2, 0.25) is 0 Å². The number of benzene rings is 1. The maximum atomic E-state index is 13.1. The smallest absolute Gasteiger partial charge is 0.317 e. The van der Waals surface area contributed by atoms with Gasteiger partial charge in [-0.2, -0.15) is 13.2 Å². The molecule has 0 radical (unpaired) electrons. The number of rotatable bonds is 2. The van der Waals surface area contributed by atoms with E-state index < -0.39 is 32.6 Å². The van der Waals surface area contributed by atoms with Crippen molar-refractivity contribution in [2.75, 3.05) is 13.1 Å². The maximum Gasteiger partial charge on any atom is 0.416 e. The molecule has 0 aromatic heterocycles. The van der Waals surface area contributed by atoms with E-state index in [1.54, 1.807) is 0 Å². The summed E-state index contributed by atoms with van der Waals surface area (Å²) in [6, 6.07) is 3.13. The molecule has 0 bridgehead atoms. The predicted octanol–water partition coefficient (Wildman–Crippen LogP) is 1.82. The van der Waals surface area contributed by atoms with Crippen LogP contribution in [0, 0.1) is 0 Å². The molecule has 1 aromatic carbocycles. The average Bonchev–Trinajstić information content (AvgIpc) is 2.37. The van der Waals surface area contributed by atoms with Crippen LogP contribution in [-0.2, 0) is 16.2 Å². The highest BCUT2D eigenvalue weighted by molar-refractivity contribution is 7.89. The standard InChI is InChI=1S/C12H15F3N2O2S/c13-12(14,15)9-2-1-3-10(20(16,18)19)11(9)8-4-6-17-7-5-8/h1-3,8,17H,4-7H2,(H2,16,18,19). The molecule has 112 valence electrons. The molecular weight excluding hydrogens is 293 g/mol. The summed E-state index contributed by atoms with van der Waals surface area (Å²) < 4.78 is 62.5. The summed E-state index contributed by atoms with van der Waals surface area (Å²) in [6.07, 6.45) is -3.69. The van der Waals surface area contributed by atoms with Gasteiger partial charge in [0.1, 0.15) is 0 Å². The molecule has 1 saturated heterocycles. The van der Waals surface area contributed by atoms with Crippen molar-refractivity contribution in [1.82, 2.24) is 5.32 Å². The minimum Gasteiger partial charge on any atom is -0.317 e. The van der Waals surface area contributed by atoms with Crippen LogP contribution in [0.5, 0.6) is 0 Å². The fourth-order valence-electron chi connectivity index (χ4n) is 2.57.